The van der Waals surface area contributed by atoms with Crippen molar-refractivity contribution in [2.24, 2.45) is 17.8 Å². The van der Waals surface area contributed by atoms with E-state index in [0.717, 1.165) is 25.8 Å². The van der Waals surface area contributed by atoms with Gasteiger partial charge in [0.2, 0.25) is 5.91 Å². The molecule has 1 fully saturated rings. The highest BCUT2D eigenvalue weighted by Crippen LogP contribution is 2.28. The molecule has 2 atom stereocenters. The molecule has 0 saturated heterocycles. The van der Waals surface area contributed by atoms with E-state index in [0.29, 0.717) is 17.3 Å². The summed E-state index contributed by atoms with van der Waals surface area (Å²) in [7, 11) is 0. The lowest BCUT2D eigenvalue weighted by Gasteiger charge is -2.29. The Labute approximate surface area is 198 Å². The van der Waals surface area contributed by atoms with Crippen molar-refractivity contribution in [1.29, 1.82) is 0 Å². The average molecular weight is 461 g/mol. The van der Waals surface area contributed by atoms with E-state index in [4.69, 9.17) is 12.2 Å². The van der Waals surface area contributed by atoms with E-state index >= 15 is 0 Å². The molecule has 0 radical (unpaired) electrons. The maximum atomic E-state index is 13.0. The van der Waals surface area contributed by atoms with Crippen LogP contribution >= 0.6 is 12.2 Å². The van der Waals surface area contributed by atoms with Gasteiger partial charge in [-0.3, -0.25) is 9.59 Å². The van der Waals surface area contributed by atoms with Crippen molar-refractivity contribution in [3.8, 4) is 0 Å². The highest BCUT2D eigenvalue weighted by molar-refractivity contribution is 7.80. The van der Waals surface area contributed by atoms with Crippen LogP contribution in [-0.4, -0.2) is 34.6 Å². The van der Waals surface area contributed by atoms with E-state index in [1.165, 1.54) is 37.7 Å². The molecular weight excluding hydrogens is 420 g/mol. The third-order valence-corrected chi connectivity index (χ3v) is 6.69. The van der Waals surface area contributed by atoms with Gasteiger partial charge < -0.3 is 15.7 Å². The first kappa shape index (κ1) is 26.3. The molecule has 0 spiro atoms. The SMILES string of the molecule is CC(C)CC(CC(=O)O)C(=O)NC(CC1CCCCC1)C(=S)NCCCc1ccccc1. The zero-order valence-corrected chi connectivity index (χ0v) is 20.5. The van der Waals surface area contributed by atoms with Crippen LogP contribution in [0.2, 0.25) is 0 Å². The molecule has 0 bridgehead atoms. The third kappa shape index (κ3) is 10.1. The Bertz CT molecular complexity index is 717. The van der Waals surface area contributed by atoms with Gasteiger partial charge in [0.15, 0.2) is 0 Å². The Morgan fingerprint density at radius 2 is 1.81 bits per heavy atom. The van der Waals surface area contributed by atoms with E-state index in [1.807, 2.05) is 32.0 Å². The van der Waals surface area contributed by atoms with Gasteiger partial charge >= 0.3 is 5.97 Å². The molecule has 6 heteroatoms. The Balaban J connectivity index is 1.95. The number of aliphatic carboxylic acids is 1. The zero-order chi connectivity index (χ0) is 23.3. The fraction of sp³-hybridized carbons (Fsp3) is 0.654. The summed E-state index contributed by atoms with van der Waals surface area (Å²) in [5.41, 5.74) is 1.30. The molecule has 0 aliphatic heterocycles. The lowest BCUT2D eigenvalue weighted by molar-refractivity contribution is -0.141. The maximum Gasteiger partial charge on any atom is 0.304 e. The van der Waals surface area contributed by atoms with E-state index in [2.05, 4.69) is 22.8 Å². The third-order valence-electron chi connectivity index (χ3n) is 6.26. The van der Waals surface area contributed by atoms with Crippen molar-refractivity contribution in [2.45, 2.75) is 84.1 Å². The summed E-state index contributed by atoms with van der Waals surface area (Å²) in [6, 6.07) is 10.1. The number of carboxylic acid groups (broad SMARTS) is 1. The molecule has 1 amide bonds. The molecule has 3 N–H and O–H groups in total. The monoisotopic (exact) mass is 460 g/mol. The van der Waals surface area contributed by atoms with Crippen LogP contribution in [0.25, 0.3) is 0 Å². The van der Waals surface area contributed by atoms with Gasteiger partial charge in [0.05, 0.1) is 17.5 Å². The number of hydrogen-bond acceptors (Lipinski definition) is 3. The van der Waals surface area contributed by atoms with Crippen LogP contribution in [0.4, 0.5) is 0 Å². The van der Waals surface area contributed by atoms with Gasteiger partial charge in [-0.1, -0.05) is 88.5 Å². The minimum Gasteiger partial charge on any atom is -0.481 e. The Kier molecular flexibility index (Phi) is 11.7. The van der Waals surface area contributed by atoms with Gasteiger partial charge in [0.25, 0.3) is 0 Å². The molecule has 0 aromatic heterocycles. The Morgan fingerprint density at radius 3 is 2.44 bits per heavy atom. The van der Waals surface area contributed by atoms with Crippen LogP contribution in [-0.2, 0) is 16.0 Å². The summed E-state index contributed by atoms with van der Waals surface area (Å²) in [5, 5.41) is 15.8. The van der Waals surface area contributed by atoms with E-state index in [-0.39, 0.29) is 24.3 Å². The smallest absolute Gasteiger partial charge is 0.304 e. The van der Waals surface area contributed by atoms with E-state index < -0.39 is 11.9 Å². The number of aryl methyl sites for hydroxylation is 1. The van der Waals surface area contributed by atoms with Crippen molar-refractivity contribution in [3.63, 3.8) is 0 Å². The van der Waals surface area contributed by atoms with E-state index in [9.17, 15) is 14.7 Å². The van der Waals surface area contributed by atoms with Gasteiger partial charge in [-0.05, 0) is 43.1 Å². The lowest BCUT2D eigenvalue weighted by atomic mass is 9.84. The molecule has 1 aliphatic rings. The first-order valence-electron chi connectivity index (χ1n) is 12.2. The van der Waals surface area contributed by atoms with Crippen LogP contribution in [0.5, 0.6) is 0 Å². The molecule has 1 saturated carbocycles. The number of carboxylic acids is 1. The summed E-state index contributed by atoms with van der Waals surface area (Å²) in [6.45, 7) is 4.79. The summed E-state index contributed by atoms with van der Waals surface area (Å²) < 4.78 is 0. The topological polar surface area (TPSA) is 78.4 Å². The van der Waals surface area contributed by atoms with Gasteiger partial charge in [-0.2, -0.15) is 0 Å². The average Bonchev–Trinajstić information content (AvgIpc) is 2.76. The summed E-state index contributed by atoms with van der Waals surface area (Å²) in [5.74, 6) is -0.833. The van der Waals surface area contributed by atoms with Crippen molar-refractivity contribution >= 4 is 29.1 Å². The molecule has 32 heavy (non-hydrogen) atoms. The zero-order valence-electron chi connectivity index (χ0n) is 19.6. The number of nitrogens with one attached hydrogen (secondary N) is 2. The standard InChI is InChI=1S/C26H40N2O3S/c1-19(2)16-22(18-24(29)30)25(31)28-23(17-21-12-7-4-8-13-21)26(32)27-15-9-14-20-10-5-3-6-11-20/h3,5-6,10-11,19,21-23H,4,7-9,12-18H2,1-2H3,(H,27,32)(H,28,31)(H,29,30). The second kappa shape index (κ2) is 14.2. The molecular formula is C26H40N2O3S. The van der Waals surface area contributed by atoms with Gasteiger partial charge in [-0.25, -0.2) is 0 Å². The van der Waals surface area contributed by atoms with Gasteiger partial charge in [0, 0.05) is 12.5 Å². The molecule has 2 unspecified atom stereocenters. The predicted octanol–water partition coefficient (Wildman–Crippen LogP) is 5.13. The summed E-state index contributed by atoms with van der Waals surface area (Å²) in [4.78, 5) is 25.0. The molecule has 5 nitrogen and oxygen atoms in total. The number of carbonyl (C=O) groups excluding carboxylic acids is 1. The fourth-order valence-corrected chi connectivity index (χ4v) is 4.87. The van der Waals surface area contributed by atoms with Crippen LogP contribution in [0.1, 0.15) is 77.2 Å². The molecule has 1 aliphatic carbocycles. The fourth-order valence-electron chi connectivity index (χ4n) is 4.61. The van der Waals surface area contributed by atoms with Crippen LogP contribution in [0.3, 0.4) is 0 Å². The van der Waals surface area contributed by atoms with Crippen LogP contribution in [0.15, 0.2) is 30.3 Å². The first-order valence-corrected chi connectivity index (χ1v) is 12.6. The second-order valence-corrected chi connectivity index (χ2v) is 10.0. The first-order chi connectivity index (χ1) is 15.3. The normalized spacial score (nSPS) is 16.3. The number of thiocarbonyl (C=S) groups is 1. The Morgan fingerprint density at radius 1 is 1.12 bits per heavy atom. The minimum absolute atomic E-state index is 0.141. The van der Waals surface area contributed by atoms with Gasteiger partial charge in [-0.15, -0.1) is 0 Å². The van der Waals surface area contributed by atoms with Crippen molar-refractivity contribution in [1.82, 2.24) is 10.6 Å². The van der Waals surface area contributed by atoms with Crippen molar-refractivity contribution in [3.05, 3.63) is 35.9 Å². The molecule has 2 rings (SSSR count). The Hall–Kier alpha value is -1.95. The van der Waals surface area contributed by atoms with E-state index in [1.54, 1.807) is 0 Å². The summed E-state index contributed by atoms with van der Waals surface area (Å²) >= 11 is 5.71. The predicted molar refractivity (Wildman–Crippen MR) is 134 cm³/mol. The van der Waals surface area contributed by atoms with Gasteiger partial charge in [0.1, 0.15) is 0 Å². The number of rotatable bonds is 13. The number of carbonyl (C=O) groups is 2. The van der Waals surface area contributed by atoms with Crippen LogP contribution in [0, 0.1) is 17.8 Å². The molecule has 1 aromatic carbocycles. The number of amides is 1. The summed E-state index contributed by atoms with van der Waals surface area (Å²) in [6.07, 6.45) is 9.29. The molecule has 1 aromatic rings. The molecule has 0 heterocycles. The highest BCUT2D eigenvalue weighted by Gasteiger charge is 2.28. The highest BCUT2D eigenvalue weighted by atomic mass is 32.1. The maximum absolute atomic E-state index is 13.0. The largest absolute Gasteiger partial charge is 0.481 e. The van der Waals surface area contributed by atoms with Crippen molar-refractivity contribution in [2.75, 3.05) is 6.54 Å². The quantitative estimate of drug-likeness (QED) is 0.281. The minimum atomic E-state index is -0.934. The number of hydrogen-bond donors (Lipinski definition) is 3. The van der Waals surface area contributed by atoms with Crippen LogP contribution < -0.4 is 10.6 Å². The number of benzene rings is 1. The lowest BCUT2D eigenvalue weighted by Crippen LogP contribution is -2.49. The molecule has 178 valence electrons. The van der Waals surface area contributed by atoms with Crippen molar-refractivity contribution < 1.29 is 14.7 Å². The second-order valence-electron chi connectivity index (χ2n) is 9.61.